The van der Waals surface area contributed by atoms with Crippen LogP contribution in [-0.2, 0) is 0 Å². The summed E-state index contributed by atoms with van der Waals surface area (Å²) in [4.78, 5) is 0. The molecule has 0 aliphatic rings. The van der Waals surface area contributed by atoms with Gasteiger partial charge in [0, 0.05) is 1.37 Å². The summed E-state index contributed by atoms with van der Waals surface area (Å²) in [5.41, 5.74) is 5.56. The van der Waals surface area contributed by atoms with Gasteiger partial charge in [0.1, 0.15) is 0 Å². The van der Waals surface area contributed by atoms with Gasteiger partial charge in [0.25, 0.3) is 0 Å². The Morgan fingerprint density at radius 1 is 0.857 bits per heavy atom. The van der Waals surface area contributed by atoms with Crippen molar-refractivity contribution in [2.24, 2.45) is 5.73 Å². The summed E-state index contributed by atoms with van der Waals surface area (Å²) in [6.45, 7) is 1.96. The third-order valence-corrected chi connectivity index (χ3v) is 4.15. The molecule has 0 amide bonds. The molecule has 128 valence electrons. The molecule has 0 fully saturated rings. The van der Waals surface area contributed by atoms with E-state index in [0.717, 1.165) is 25.7 Å². The number of hydrogen-bond donors (Lipinski definition) is 3. The molecule has 3 atom stereocenters. The molecule has 3 nitrogen and oxygen atoms in total. The summed E-state index contributed by atoms with van der Waals surface area (Å²) in [5, 5.41) is 18.4. The second-order valence-electron chi connectivity index (χ2n) is 6.22. The van der Waals surface area contributed by atoms with Crippen LogP contribution in [-0.4, -0.2) is 29.0 Å². The van der Waals surface area contributed by atoms with Crippen LogP contribution in [0.2, 0.25) is 0 Å². The summed E-state index contributed by atoms with van der Waals surface area (Å²) in [5.74, 6) is 0. The van der Waals surface area contributed by atoms with Crippen molar-refractivity contribution in [3.8, 4) is 0 Å². The third kappa shape index (κ3) is 14.6. The van der Waals surface area contributed by atoms with Gasteiger partial charge >= 0.3 is 0 Å². The molecule has 0 aliphatic heterocycles. The molecule has 0 rings (SSSR count). The molecule has 0 spiro atoms. The third-order valence-electron chi connectivity index (χ3n) is 4.15. The number of unbranched alkanes of at least 4 members (excludes halogenated alkanes) is 9. The first-order chi connectivity index (χ1) is 10.6. The molecule has 0 aromatic carbocycles. The first-order valence-electron chi connectivity index (χ1n) is 9.66. The fraction of sp³-hybridized carbons (Fsp3) is 1.00. The van der Waals surface area contributed by atoms with E-state index in [9.17, 15) is 5.11 Å². The van der Waals surface area contributed by atoms with Gasteiger partial charge in [0.15, 0.2) is 0 Å². The molecule has 0 saturated heterocycles. The Morgan fingerprint density at radius 2 is 1.29 bits per heavy atom. The lowest BCUT2D eigenvalue weighted by molar-refractivity contribution is 0.0990. The van der Waals surface area contributed by atoms with Crippen molar-refractivity contribution in [3.05, 3.63) is 0 Å². The Bertz CT molecular complexity index is 229. The van der Waals surface area contributed by atoms with E-state index in [-0.39, 0.29) is 13.0 Å². The molecule has 0 saturated carbocycles. The fourth-order valence-corrected chi connectivity index (χ4v) is 2.60. The van der Waals surface area contributed by atoms with Crippen LogP contribution in [0.3, 0.4) is 0 Å². The molecule has 1 unspecified atom stereocenters. The highest BCUT2D eigenvalue weighted by atomic mass is 16.3. The van der Waals surface area contributed by atoms with Crippen LogP contribution in [0.1, 0.15) is 98.2 Å². The summed E-state index contributed by atoms with van der Waals surface area (Å²) in [7, 11) is 0. The van der Waals surface area contributed by atoms with Crippen molar-refractivity contribution >= 4 is 0 Å². The number of rotatable bonds is 16. The number of hydrogen-bond acceptors (Lipinski definition) is 3. The monoisotopic (exact) mass is 302 g/mol. The Hall–Kier alpha value is -0.120. The average Bonchev–Trinajstić information content (AvgIpc) is 2.54. The van der Waals surface area contributed by atoms with E-state index in [0.29, 0.717) is 6.42 Å². The van der Waals surface area contributed by atoms with Gasteiger partial charge in [0.05, 0.1) is 18.8 Å². The van der Waals surface area contributed by atoms with E-state index in [1.165, 1.54) is 51.4 Å². The Morgan fingerprint density at radius 3 is 1.71 bits per heavy atom. The van der Waals surface area contributed by atoms with Crippen molar-refractivity contribution in [3.63, 3.8) is 0 Å². The van der Waals surface area contributed by atoms with Crippen molar-refractivity contribution in [2.75, 3.05) is 6.61 Å². The topological polar surface area (TPSA) is 66.5 Å². The predicted molar refractivity (Wildman–Crippen MR) is 91.4 cm³/mol. The van der Waals surface area contributed by atoms with Gasteiger partial charge in [-0.2, -0.15) is 0 Å². The molecule has 4 N–H and O–H groups in total. The van der Waals surface area contributed by atoms with E-state index in [1.807, 2.05) is 0 Å². The molecule has 0 heterocycles. The zero-order chi connectivity index (χ0) is 16.6. The number of aliphatic hydroxyl groups is 2. The SMILES string of the molecule is [2H]C(CC)CCCCCCCCCCCC[C@@H](O)[C@@H](N)CO. The maximum atomic E-state index is 9.61. The Balaban J connectivity index is 3.15. The van der Waals surface area contributed by atoms with Gasteiger partial charge < -0.3 is 15.9 Å². The van der Waals surface area contributed by atoms with Gasteiger partial charge in [-0.3, -0.25) is 0 Å². The van der Waals surface area contributed by atoms with E-state index < -0.39 is 12.1 Å². The Labute approximate surface area is 133 Å². The van der Waals surface area contributed by atoms with Gasteiger partial charge in [-0.25, -0.2) is 0 Å². The van der Waals surface area contributed by atoms with Crippen molar-refractivity contribution < 1.29 is 11.6 Å². The van der Waals surface area contributed by atoms with Crippen LogP contribution in [0.15, 0.2) is 0 Å². The van der Waals surface area contributed by atoms with E-state index in [4.69, 9.17) is 12.2 Å². The second-order valence-corrected chi connectivity index (χ2v) is 6.22. The smallest absolute Gasteiger partial charge is 0.0713 e. The maximum absolute atomic E-state index is 9.61. The molecule has 0 aliphatic carbocycles. The van der Waals surface area contributed by atoms with Crippen LogP contribution >= 0.6 is 0 Å². The lowest BCUT2D eigenvalue weighted by atomic mass is 10.0. The Kier molecular flexibility index (Phi) is 14.7. The van der Waals surface area contributed by atoms with Gasteiger partial charge in [-0.05, 0) is 6.42 Å². The van der Waals surface area contributed by atoms with Crippen molar-refractivity contribution in [1.29, 1.82) is 0 Å². The highest BCUT2D eigenvalue weighted by Gasteiger charge is 2.12. The standard InChI is InChI=1S/C18H39NO2/c1-2-3-4-5-6-7-8-9-10-11-12-13-14-15-18(21)17(19)16-20/h17-18,20-21H,2-16,19H2,1H3/t17-,18+/m0/s1/i3D/t3?,17-,18+. The zero-order valence-electron chi connectivity index (χ0n) is 15.1. The summed E-state index contributed by atoms with van der Waals surface area (Å²) < 4.78 is 7.67. The van der Waals surface area contributed by atoms with Crippen molar-refractivity contribution in [2.45, 2.75) is 109 Å². The van der Waals surface area contributed by atoms with Gasteiger partial charge in [0.2, 0.25) is 0 Å². The highest BCUT2D eigenvalue weighted by Crippen LogP contribution is 2.13. The number of nitrogens with two attached hydrogens (primary N) is 1. The highest BCUT2D eigenvalue weighted by molar-refractivity contribution is 4.70. The normalized spacial score (nSPS) is 16.5. The summed E-state index contributed by atoms with van der Waals surface area (Å²) in [6.07, 6.45) is 14.8. The largest absolute Gasteiger partial charge is 0.395 e. The summed E-state index contributed by atoms with van der Waals surface area (Å²) >= 11 is 0. The average molecular weight is 303 g/mol. The van der Waals surface area contributed by atoms with Crippen molar-refractivity contribution in [1.82, 2.24) is 0 Å². The first-order valence-corrected chi connectivity index (χ1v) is 9.08. The minimum atomic E-state index is -0.555. The molecule has 0 aromatic rings. The predicted octanol–water partition coefficient (Wildman–Crippen LogP) is 4.15. The maximum Gasteiger partial charge on any atom is 0.0713 e. The molecule has 0 bridgehead atoms. The van der Waals surface area contributed by atoms with Gasteiger partial charge in [-0.15, -0.1) is 0 Å². The molecule has 3 heteroatoms. The first kappa shape index (κ1) is 18.9. The van der Waals surface area contributed by atoms with Crippen LogP contribution < -0.4 is 5.73 Å². The molecule has 0 radical (unpaired) electrons. The summed E-state index contributed by atoms with van der Waals surface area (Å²) in [6, 6.07) is -0.484. The van der Waals surface area contributed by atoms with E-state index in [2.05, 4.69) is 6.92 Å². The number of aliphatic hydroxyl groups excluding tert-OH is 2. The van der Waals surface area contributed by atoms with E-state index >= 15 is 0 Å². The van der Waals surface area contributed by atoms with Crippen LogP contribution in [0.25, 0.3) is 0 Å². The quantitative estimate of drug-likeness (QED) is 0.375. The fourth-order valence-electron chi connectivity index (χ4n) is 2.60. The lowest BCUT2D eigenvalue weighted by Gasteiger charge is -2.15. The second kappa shape index (κ2) is 16.3. The lowest BCUT2D eigenvalue weighted by Crippen LogP contribution is -2.37. The van der Waals surface area contributed by atoms with Gasteiger partial charge in [-0.1, -0.05) is 90.4 Å². The van der Waals surface area contributed by atoms with E-state index in [1.54, 1.807) is 0 Å². The van der Waals surface area contributed by atoms with Crippen LogP contribution in [0, 0.1) is 0 Å². The zero-order valence-corrected chi connectivity index (χ0v) is 14.1. The molecular weight excluding hydrogens is 262 g/mol. The molecule has 0 aromatic heterocycles. The van der Waals surface area contributed by atoms with Crippen LogP contribution in [0.4, 0.5) is 0 Å². The van der Waals surface area contributed by atoms with Crippen LogP contribution in [0.5, 0.6) is 0 Å². The molecular formula is C18H39NO2. The minimum absolute atomic E-state index is 0.137. The molecule has 21 heavy (non-hydrogen) atoms. The minimum Gasteiger partial charge on any atom is -0.395 e.